The fraction of sp³-hybridized carbons (Fsp3) is 0.188. The number of hydrogen-bond donors (Lipinski definition) is 2. The largest absolute Gasteiger partial charge is 0.495 e. The smallest absolute Gasteiger partial charge is 0.271 e. The first kappa shape index (κ1) is 17.6. The van der Waals surface area contributed by atoms with Crippen LogP contribution in [0, 0.1) is 17.0 Å². The van der Waals surface area contributed by atoms with Crippen molar-refractivity contribution in [1.82, 2.24) is 0 Å². The van der Waals surface area contributed by atoms with Crippen LogP contribution in [0.3, 0.4) is 0 Å². The molecular weight excluding hydrogens is 334 g/mol. The third kappa shape index (κ3) is 4.36. The summed E-state index contributed by atoms with van der Waals surface area (Å²) < 4.78 is 5.10. The van der Waals surface area contributed by atoms with Crippen LogP contribution in [0.5, 0.6) is 5.75 Å². The van der Waals surface area contributed by atoms with E-state index in [9.17, 15) is 14.9 Å². The molecule has 0 aromatic heterocycles. The molecule has 2 aromatic carbocycles. The van der Waals surface area contributed by atoms with Gasteiger partial charge in [-0.05, 0) is 30.7 Å². The Morgan fingerprint density at radius 2 is 2.00 bits per heavy atom. The molecule has 0 saturated heterocycles. The van der Waals surface area contributed by atoms with Crippen LogP contribution in [0.15, 0.2) is 36.4 Å². The Kier molecular flexibility index (Phi) is 5.59. The normalized spacial score (nSPS) is 10.1. The van der Waals surface area contributed by atoms with Gasteiger partial charge in [-0.15, -0.1) is 0 Å². The first-order valence-corrected chi connectivity index (χ1v) is 7.41. The van der Waals surface area contributed by atoms with Gasteiger partial charge in [-0.1, -0.05) is 17.7 Å². The topological polar surface area (TPSA) is 93.5 Å². The van der Waals surface area contributed by atoms with Crippen LogP contribution in [0.1, 0.15) is 5.56 Å². The van der Waals surface area contributed by atoms with E-state index in [4.69, 9.17) is 16.3 Å². The van der Waals surface area contributed by atoms with Gasteiger partial charge in [0, 0.05) is 22.8 Å². The van der Waals surface area contributed by atoms with Gasteiger partial charge in [0.2, 0.25) is 5.91 Å². The van der Waals surface area contributed by atoms with Gasteiger partial charge < -0.3 is 15.4 Å². The molecule has 0 atom stereocenters. The summed E-state index contributed by atoms with van der Waals surface area (Å²) in [5.41, 5.74) is 1.79. The SMILES string of the molecule is COc1ccc([N+](=O)[O-])cc1NC(=O)CNc1cc(Cl)ccc1C. The van der Waals surface area contributed by atoms with Crippen LogP contribution in [0.4, 0.5) is 17.1 Å². The van der Waals surface area contributed by atoms with E-state index in [1.54, 1.807) is 12.1 Å². The van der Waals surface area contributed by atoms with Crippen molar-refractivity contribution in [3.63, 3.8) is 0 Å². The van der Waals surface area contributed by atoms with E-state index in [0.717, 1.165) is 11.3 Å². The molecule has 0 aliphatic carbocycles. The Morgan fingerprint density at radius 3 is 2.67 bits per heavy atom. The van der Waals surface area contributed by atoms with Crippen LogP contribution in [0.2, 0.25) is 5.02 Å². The van der Waals surface area contributed by atoms with Gasteiger partial charge in [-0.25, -0.2) is 0 Å². The zero-order valence-electron chi connectivity index (χ0n) is 13.1. The summed E-state index contributed by atoms with van der Waals surface area (Å²) in [5, 5.41) is 17.0. The third-order valence-corrected chi connectivity index (χ3v) is 3.54. The molecular formula is C16H16ClN3O4. The van der Waals surface area contributed by atoms with E-state index in [0.29, 0.717) is 10.8 Å². The number of carbonyl (C=O) groups is 1. The molecule has 0 saturated carbocycles. The Hall–Kier alpha value is -2.80. The van der Waals surface area contributed by atoms with Crippen LogP contribution < -0.4 is 15.4 Å². The van der Waals surface area contributed by atoms with Crippen molar-refractivity contribution in [2.45, 2.75) is 6.92 Å². The number of nitro groups is 1. The highest BCUT2D eigenvalue weighted by atomic mass is 35.5. The summed E-state index contributed by atoms with van der Waals surface area (Å²) in [4.78, 5) is 22.4. The molecule has 2 rings (SSSR count). The maximum Gasteiger partial charge on any atom is 0.271 e. The summed E-state index contributed by atoms with van der Waals surface area (Å²) in [6.45, 7) is 1.87. The Morgan fingerprint density at radius 1 is 1.25 bits per heavy atom. The number of nitro benzene ring substituents is 1. The van der Waals surface area contributed by atoms with E-state index >= 15 is 0 Å². The molecule has 0 radical (unpaired) electrons. The van der Waals surface area contributed by atoms with Crippen molar-refractivity contribution < 1.29 is 14.5 Å². The molecule has 24 heavy (non-hydrogen) atoms. The number of amides is 1. The van der Waals surface area contributed by atoms with Crippen LogP contribution in [-0.4, -0.2) is 24.5 Å². The van der Waals surface area contributed by atoms with Crippen LogP contribution >= 0.6 is 11.6 Å². The molecule has 0 unspecified atom stereocenters. The number of methoxy groups -OCH3 is 1. The van der Waals surface area contributed by atoms with Gasteiger partial charge in [0.25, 0.3) is 5.69 Å². The first-order chi connectivity index (χ1) is 11.4. The van der Waals surface area contributed by atoms with Crippen molar-refractivity contribution in [2.24, 2.45) is 0 Å². The van der Waals surface area contributed by atoms with Gasteiger partial charge >= 0.3 is 0 Å². The standard InChI is InChI=1S/C16H16ClN3O4/c1-10-3-4-11(17)7-13(10)18-9-16(21)19-14-8-12(20(22)23)5-6-15(14)24-2/h3-8,18H,9H2,1-2H3,(H,19,21). The van der Waals surface area contributed by atoms with Gasteiger partial charge in [0.15, 0.2) is 0 Å². The lowest BCUT2D eigenvalue weighted by atomic mass is 10.2. The Bertz CT molecular complexity index is 780. The first-order valence-electron chi connectivity index (χ1n) is 7.03. The lowest BCUT2D eigenvalue weighted by Crippen LogP contribution is -2.22. The van der Waals surface area contributed by atoms with E-state index in [1.807, 2.05) is 13.0 Å². The van der Waals surface area contributed by atoms with Crippen LogP contribution in [-0.2, 0) is 4.79 Å². The van der Waals surface area contributed by atoms with Crippen molar-refractivity contribution in [1.29, 1.82) is 0 Å². The maximum absolute atomic E-state index is 12.1. The highest BCUT2D eigenvalue weighted by molar-refractivity contribution is 6.30. The minimum absolute atomic E-state index is 0.0208. The minimum atomic E-state index is -0.539. The van der Waals surface area contributed by atoms with Crippen molar-refractivity contribution in [2.75, 3.05) is 24.3 Å². The third-order valence-electron chi connectivity index (χ3n) is 3.31. The van der Waals surface area contributed by atoms with Crippen molar-refractivity contribution in [3.8, 4) is 5.75 Å². The maximum atomic E-state index is 12.1. The Balaban J connectivity index is 2.08. The monoisotopic (exact) mass is 349 g/mol. The molecule has 126 valence electrons. The minimum Gasteiger partial charge on any atom is -0.495 e. The number of nitrogens with zero attached hydrogens (tertiary/aromatic N) is 1. The summed E-state index contributed by atoms with van der Waals surface area (Å²) in [5.74, 6) is -0.0268. The fourth-order valence-corrected chi connectivity index (χ4v) is 2.23. The molecule has 0 bridgehead atoms. The van der Waals surface area contributed by atoms with Gasteiger partial charge in [0.1, 0.15) is 5.75 Å². The predicted octanol–water partition coefficient (Wildman–Crippen LogP) is 3.62. The second kappa shape index (κ2) is 7.65. The number of rotatable bonds is 6. The number of ether oxygens (including phenoxy) is 1. The van der Waals surface area contributed by atoms with Gasteiger partial charge in [0.05, 0.1) is 24.3 Å². The number of hydrogen-bond acceptors (Lipinski definition) is 5. The molecule has 0 fully saturated rings. The number of aryl methyl sites for hydroxylation is 1. The summed E-state index contributed by atoms with van der Waals surface area (Å²) in [6.07, 6.45) is 0. The number of nitrogens with one attached hydrogen (secondary N) is 2. The zero-order chi connectivity index (χ0) is 17.7. The lowest BCUT2D eigenvalue weighted by Gasteiger charge is -2.12. The number of halogens is 1. The molecule has 0 aliphatic rings. The zero-order valence-corrected chi connectivity index (χ0v) is 13.9. The number of benzene rings is 2. The average Bonchev–Trinajstić information content (AvgIpc) is 2.55. The van der Waals surface area contributed by atoms with Gasteiger partial charge in [-0.2, -0.15) is 0 Å². The highest BCUT2D eigenvalue weighted by Crippen LogP contribution is 2.28. The van der Waals surface area contributed by atoms with E-state index in [-0.39, 0.29) is 23.8 Å². The molecule has 0 heterocycles. The summed E-state index contributed by atoms with van der Waals surface area (Å²) in [6, 6.07) is 9.31. The van der Waals surface area contributed by atoms with Crippen LogP contribution in [0.25, 0.3) is 0 Å². The average molecular weight is 350 g/mol. The molecule has 2 N–H and O–H groups in total. The van der Waals surface area contributed by atoms with E-state index < -0.39 is 4.92 Å². The highest BCUT2D eigenvalue weighted by Gasteiger charge is 2.13. The molecule has 0 spiro atoms. The molecule has 2 aromatic rings. The molecule has 0 aliphatic heterocycles. The van der Waals surface area contributed by atoms with Crippen molar-refractivity contribution >= 4 is 34.6 Å². The number of anilines is 2. The Labute approximate surface area is 143 Å². The second-order valence-electron chi connectivity index (χ2n) is 5.00. The van der Waals surface area contributed by atoms with E-state index in [2.05, 4.69) is 10.6 Å². The quantitative estimate of drug-likeness (QED) is 0.613. The number of non-ortho nitro benzene ring substituents is 1. The second-order valence-corrected chi connectivity index (χ2v) is 5.44. The lowest BCUT2D eigenvalue weighted by molar-refractivity contribution is -0.384. The predicted molar refractivity (Wildman–Crippen MR) is 93.0 cm³/mol. The van der Waals surface area contributed by atoms with E-state index in [1.165, 1.54) is 25.3 Å². The molecule has 7 nitrogen and oxygen atoms in total. The summed E-state index contributed by atoms with van der Waals surface area (Å²) in [7, 11) is 1.42. The summed E-state index contributed by atoms with van der Waals surface area (Å²) >= 11 is 5.93. The van der Waals surface area contributed by atoms with Gasteiger partial charge in [-0.3, -0.25) is 14.9 Å². The fourth-order valence-electron chi connectivity index (χ4n) is 2.06. The molecule has 1 amide bonds. The molecule has 8 heteroatoms. The number of carbonyl (C=O) groups excluding carboxylic acids is 1. The van der Waals surface area contributed by atoms with Crippen molar-refractivity contribution in [3.05, 3.63) is 57.1 Å².